The Morgan fingerprint density at radius 3 is 2.44 bits per heavy atom. The predicted molar refractivity (Wildman–Crippen MR) is 74.2 cm³/mol. The summed E-state index contributed by atoms with van der Waals surface area (Å²) in [7, 11) is 1.64. The van der Waals surface area contributed by atoms with Crippen molar-refractivity contribution in [1.82, 2.24) is 5.32 Å². The van der Waals surface area contributed by atoms with E-state index in [2.05, 4.69) is 5.32 Å². The summed E-state index contributed by atoms with van der Waals surface area (Å²) in [6, 6.07) is 5.90. The maximum atomic E-state index is 11.8. The van der Waals surface area contributed by atoms with E-state index in [0.717, 1.165) is 24.2 Å². The Bertz CT molecular complexity index is 397. The first-order chi connectivity index (χ1) is 8.70. The lowest BCUT2D eigenvalue weighted by atomic mass is 9.93. The second-order valence-corrected chi connectivity index (χ2v) is 4.29. The Hall–Kier alpha value is -1.51. The number of aryl methyl sites for hydroxylation is 1. The van der Waals surface area contributed by atoms with E-state index in [9.17, 15) is 4.79 Å². The molecular weight excluding hydrogens is 226 g/mol. The van der Waals surface area contributed by atoms with E-state index in [0.29, 0.717) is 11.6 Å². The smallest absolute Gasteiger partial charge is 0.251 e. The van der Waals surface area contributed by atoms with Gasteiger partial charge in [0.15, 0.2) is 0 Å². The summed E-state index contributed by atoms with van der Waals surface area (Å²) in [4.78, 5) is 11.8. The topological polar surface area (TPSA) is 38.3 Å². The molecule has 1 aliphatic carbocycles. The van der Waals surface area contributed by atoms with Crippen molar-refractivity contribution >= 4 is 5.91 Å². The molecule has 100 valence electrons. The molecule has 1 aliphatic rings. The van der Waals surface area contributed by atoms with Crippen LogP contribution in [0.15, 0.2) is 18.2 Å². The molecule has 18 heavy (non-hydrogen) atoms. The lowest BCUT2D eigenvalue weighted by Gasteiger charge is -2.26. The number of hydrogen-bond donors (Lipinski definition) is 1. The third kappa shape index (κ3) is 3.49. The number of methoxy groups -OCH3 is 1. The molecule has 0 saturated heterocycles. The van der Waals surface area contributed by atoms with Crippen molar-refractivity contribution < 1.29 is 9.53 Å². The quantitative estimate of drug-likeness (QED) is 0.892. The highest BCUT2D eigenvalue weighted by molar-refractivity contribution is 5.94. The van der Waals surface area contributed by atoms with E-state index in [-0.39, 0.29) is 5.91 Å². The van der Waals surface area contributed by atoms with Gasteiger partial charge in [-0.1, -0.05) is 13.8 Å². The molecule has 1 amide bonds. The number of carbonyl (C=O) groups is 1. The van der Waals surface area contributed by atoms with Gasteiger partial charge in [0.2, 0.25) is 0 Å². The van der Waals surface area contributed by atoms with Gasteiger partial charge in [-0.05, 0) is 49.9 Å². The van der Waals surface area contributed by atoms with Gasteiger partial charge in [-0.2, -0.15) is 0 Å². The highest BCUT2D eigenvalue weighted by Crippen LogP contribution is 2.21. The number of hydrogen-bond acceptors (Lipinski definition) is 2. The maximum absolute atomic E-state index is 11.8. The molecule has 0 radical (unpaired) electrons. The largest absolute Gasteiger partial charge is 0.496 e. The molecule has 0 heterocycles. The average Bonchev–Trinajstić information content (AvgIpc) is 2.36. The summed E-state index contributed by atoms with van der Waals surface area (Å²) in [6.07, 6.45) is 3.45. The van der Waals surface area contributed by atoms with E-state index < -0.39 is 0 Å². The van der Waals surface area contributed by atoms with Gasteiger partial charge >= 0.3 is 0 Å². The summed E-state index contributed by atoms with van der Waals surface area (Å²) < 4.78 is 5.16. The van der Waals surface area contributed by atoms with Gasteiger partial charge in [0.05, 0.1) is 7.11 Å². The van der Waals surface area contributed by atoms with Crippen LogP contribution in [0.25, 0.3) is 0 Å². The molecule has 1 N–H and O–H groups in total. The first-order valence-electron chi connectivity index (χ1n) is 6.66. The standard InChI is InChI=1S/C13H17NO2.C2H6/c1-9-8-10(6-7-12(9)16-2)13(15)14-11-4-3-5-11;1-2/h6-8,11H,3-5H2,1-2H3,(H,14,15);1-2H3. The average molecular weight is 249 g/mol. The van der Waals surface area contributed by atoms with Crippen molar-refractivity contribution in [2.75, 3.05) is 7.11 Å². The van der Waals surface area contributed by atoms with E-state index in [1.807, 2.05) is 32.9 Å². The van der Waals surface area contributed by atoms with Crippen LogP contribution >= 0.6 is 0 Å². The van der Waals surface area contributed by atoms with Crippen molar-refractivity contribution in [3.05, 3.63) is 29.3 Å². The molecule has 2 rings (SSSR count). The number of benzene rings is 1. The zero-order chi connectivity index (χ0) is 13.5. The third-order valence-corrected chi connectivity index (χ3v) is 3.10. The van der Waals surface area contributed by atoms with Crippen molar-refractivity contribution in [3.63, 3.8) is 0 Å². The van der Waals surface area contributed by atoms with E-state index in [1.54, 1.807) is 13.2 Å². The monoisotopic (exact) mass is 249 g/mol. The third-order valence-electron chi connectivity index (χ3n) is 3.10. The summed E-state index contributed by atoms with van der Waals surface area (Å²) in [6.45, 7) is 5.94. The molecule has 0 bridgehead atoms. The first-order valence-corrected chi connectivity index (χ1v) is 6.66. The molecule has 1 saturated carbocycles. The number of ether oxygens (including phenoxy) is 1. The van der Waals surface area contributed by atoms with Crippen LogP contribution in [0.5, 0.6) is 5.75 Å². The fourth-order valence-electron chi connectivity index (χ4n) is 1.84. The van der Waals surface area contributed by atoms with E-state index in [4.69, 9.17) is 4.74 Å². The van der Waals surface area contributed by atoms with Crippen molar-refractivity contribution in [1.29, 1.82) is 0 Å². The summed E-state index contributed by atoms with van der Waals surface area (Å²) in [5.74, 6) is 0.843. The minimum Gasteiger partial charge on any atom is -0.496 e. The fourth-order valence-corrected chi connectivity index (χ4v) is 1.84. The van der Waals surface area contributed by atoms with Crippen LogP contribution in [0.2, 0.25) is 0 Å². The lowest BCUT2D eigenvalue weighted by molar-refractivity contribution is 0.0917. The highest BCUT2D eigenvalue weighted by atomic mass is 16.5. The minimum atomic E-state index is 0.0236. The maximum Gasteiger partial charge on any atom is 0.251 e. The molecule has 0 unspecified atom stereocenters. The van der Waals surface area contributed by atoms with Crippen LogP contribution in [-0.4, -0.2) is 19.1 Å². The zero-order valence-electron chi connectivity index (χ0n) is 11.7. The molecule has 3 nitrogen and oxygen atoms in total. The van der Waals surface area contributed by atoms with Gasteiger partial charge in [0, 0.05) is 11.6 Å². The Morgan fingerprint density at radius 2 is 2.00 bits per heavy atom. The molecular formula is C15H23NO2. The Labute approximate surface area is 110 Å². The van der Waals surface area contributed by atoms with Crippen LogP contribution in [0, 0.1) is 6.92 Å². The van der Waals surface area contributed by atoms with E-state index in [1.165, 1.54) is 6.42 Å². The highest BCUT2D eigenvalue weighted by Gasteiger charge is 2.20. The predicted octanol–water partition coefficient (Wildman–Crippen LogP) is 3.31. The Morgan fingerprint density at radius 1 is 1.33 bits per heavy atom. The Kier molecular flexibility index (Phi) is 5.69. The summed E-state index contributed by atoms with van der Waals surface area (Å²) >= 11 is 0. The fraction of sp³-hybridized carbons (Fsp3) is 0.533. The number of carbonyl (C=O) groups excluding carboxylic acids is 1. The molecule has 0 spiro atoms. The molecule has 1 aromatic carbocycles. The van der Waals surface area contributed by atoms with Crippen molar-refractivity contribution in [2.45, 2.75) is 46.1 Å². The number of rotatable bonds is 3. The molecule has 1 aromatic rings. The Balaban J connectivity index is 0.000000771. The van der Waals surface area contributed by atoms with Crippen molar-refractivity contribution in [2.24, 2.45) is 0 Å². The van der Waals surface area contributed by atoms with Crippen LogP contribution in [0.1, 0.15) is 49.0 Å². The van der Waals surface area contributed by atoms with Gasteiger partial charge in [-0.15, -0.1) is 0 Å². The van der Waals surface area contributed by atoms with Crippen LogP contribution in [0.4, 0.5) is 0 Å². The van der Waals surface area contributed by atoms with Crippen LogP contribution in [0.3, 0.4) is 0 Å². The van der Waals surface area contributed by atoms with Crippen LogP contribution < -0.4 is 10.1 Å². The zero-order valence-corrected chi connectivity index (χ0v) is 11.7. The normalized spacial score (nSPS) is 14.0. The molecule has 0 aliphatic heterocycles. The minimum absolute atomic E-state index is 0.0236. The molecule has 0 aromatic heterocycles. The SMILES string of the molecule is CC.COc1ccc(C(=O)NC2CCC2)cc1C. The summed E-state index contributed by atoms with van der Waals surface area (Å²) in [5, 5.41) is 3.02. The number of amides is 1. The van der Waals surface area contributed by atoms with Gasteiger partial charge in [-0.25, -0.2) is 0 Å². The second kappa shape index (κ2) is 7.04. The van der Waals surface area contributed by atoms with Crippen molar-refractivity contribution in [3.8, 4) is 5.75 Å². The van der Waals surface area contributed by atoms with Gasteiger partial charge in [-0.3, -0.25) is 4.79 Å². The van der Waals surface area contributed by atoms with Gasteiger partial charge < -0.3 is 10.1 Å². The van der Waals surface area contributed by atoms with Gasteiger partial charge in [0.1, 0.15) is 5.75 Å². The first kappa shape index (κ1) is 14.6. The number of nitrogens with one attached hydrogen (secondary N) is 1. The second-order valence-electron chi connectivity index (χ2n) is 4.29. The molecule has 0 atom stereocenters. The summed E-state index contributed by atoms with van der Waals surface area (Å²) in [5.41, 5.74) is 1.70. The van der Waals surface area contributed by atoms with Crippen LogP contribution in [-0.2, 0) is 0 Å². The molecule has 1 fully saturated rings. The van der Waals surface area contributed by atoms with E-state index >= 15 is 0 Å². The molecule has 3 heteroatoms. The lowest BCUT2D eigenvalue weighted by Crippen LogP contribution is -2.39. The van der Waals surface area contributed by atoms with Gasteiger partial charge in [0.25, 0.3) is 5.91 Å².